The van der Waals surface area contributed by atoms with Crippen LogP contribution in [0.1, 0.15) is 27.7 Å². The summed E-state index contributed by atoms with van der Waals surface area (Å²) in [6.07, 6.45) is -3.54. The van der Waals surface area contributed by atoms with Gasteiger partial charge >= 0.3 is 17.9 Å². The molecule has 1 fully saturated rings. The Bertz CT molecular complexity index is 655. The first-order valence-electron chi connectivity index (χ1n) is 10.2. The third-order valence-corrected chi connectivity index (χ3v) is 4.28. The molecule has 13 heteroatoms. The van der Waals surface area contributed by atoms with E-state index in [0.29, 0.717) is 19.8 Å². The molecule has 0 aromatic carbocycles. The van der Waals surface area contributed by atoms with Crippen molar-refractivity contribution in [2.45, 2.75) is 52.3 Å². The Kier molecular flexibility index (Phi) is 13.3. The molecule has 5 unspecified atom stereocenters. The second-order valence-corrected chi connectivity index (χ2v) is 6.90. The fourth-order valence-corrected chi connectivity index (χ4v) is 2.96. The fraction of sp³-hybridized carbons (Fsp3) is 0.842. The van der Waals surface area contributed by atoms with Gasteiger partial charge in [0.2, 0.25) is 0 Å². The number of hydrogen-bond acceptors (Lipinski definition) is 11. The molecule has 1 aliphatic rings. The number of rotatable bonds is 14. The summed E-state index contributed by atoms with van der Waals surface area (Å²) in [5.41, 5.74) is 8.16. The smallest absolute Gasteiger partial charge is 0.303 e. The van der Waals surface area contributed by atoms with Crippen LogP contribution < -0.4 is 0 Å². The lowest BCUT2D eigenvalue weighted by Gasteiger charge is -2.43. The topological polar surface area (TPSA) is 165 Å². The number of nitrogens with zero attached hydrogens (tertiary/aromatic N) is 3. The lowest BCUT2D eigenvalue weighted by Crippen LogP contribution is -2.58. The third-order valence-electron chi connectivity index (χ3n) is 4.28. The number of hydrogen-bond donors (Lipinski definition) is 0. The van der Waals surface area contributed by atoms with E-state index in [0.717, 1.165) is 0 Å². The van der Waals surface area contributed by atoms with E-state index in [4.69, 9.17) is 38.7 Å². The van der Waals surface area contributed by atoms with Crippen LogP contribution >= 0.6 is 0 Å². The standard InChI is InChI=1S/C19H31N3O10/c1-12-17(30-14(3)24)18(31-15(4)25)16(11-29-13(2)23)32-19(12)28-10-9-27-8-7-26-6-5-21-22-20/h12,16-19H,5-11H2,1-4H3. The zero-order chi connectivity index (χ0) is 23.9. The maximum Gasteiger partial charge on any atom is 0.303 e. The first-order valence-corrected chi connectivity index (χ1v) is 10.2. The highest BCUT2D eigenvalue weighted by Gasteiger charge is 2.48. The molecule has 5 atom stereocenters. The van der Waals surface area contributed by atoms with Gasteiger partial charge in [0, 0.05) is 38.1 Å². The molecule has 1 heterocycles. The summed E-state index contributed by atoms with van der Waals surface area (Å²) < 4.78 is 38.0. The second-order valence-electron chi connectivity index (χ2n) is 6.90. The van der Waals surface area contributed by atoms with Crippen LogP contribution in [0.3, 0.4) is 0 Å². The maximum absolute atomic E-state index is 11.6. The van der Waals surface area contributed by atoms with E-state index >= 15 is 0 Å². The minimum absolute atomic E-state index is 0.166. The Morgan fingerprint density at radius 2 is 1.50 bits per heavy atom. The molecule has 13 nitrogen and oxygen atoms in total. The number of carbonyl (C=O) groups excluding carboxylic acids is 3. The molecule has 0 saturated carbocycles. The van der Waals surface area contributed by atoms with Gasteiger partial charge in [-0.25, -0.2) is 0 Å². The molecule has 0 bridgehead atoms. The van der Waals surface area contributed by atoms with Crippen LogP contribution in [-0.4, -0.2) is 88.7 Å². The largest absolute Gasteiger partial charge is 0.463 e. The van der Waals surface area contributed by atoms with Crippen molar-refractivity contribution in [3.8, 4) is 0 Å². The summed E-state index contributed by atoms with van der Waals surface area (Å²) in [6, 6.07) is 0. The quantitative estimate of drug-likeness (QED) is 0.0914. The molecule has 0 aromatic heterocycles. The predicted octanol–water partition coefficient (Wildman–Crippen LogP) is 1.13. The van der Waals surface area contributed by atoms with Crippen LogP contribution in [0.5, 0.6) is 0 Å². The summed E-state index contributed by atoms with van der Waals surface area (Å²) in [5, 5.41) is 3.35. The van der Waals surface area contributed by atoms with Crippen LogP contribution in [-0.2, 0) is 47.5 Å². The van der Waals surface area contributed by atoms with Crippen molar-refractivity contribution >= 4 is 17.9 Å². The van der Waals surface area contributed by atoms with Gasteiger partial charge in [-0.3, -0.25) is 14.4 Å². The SMILES string of the molecule is CC(=O)OCC1OC(OCCOCCOCCN=[N+]=[N-])C(C)C(OC(C)=O)C1OC(C)=O. The van der Waals surface area contributed by atoms with Crippen LogP contribution in [0, 0.1) is 5.92 Å². The van der Waals surface area contributed by atoms with Gasteiger partial charge in [0.15, 0.2) is 12.4 Å². The van der Waals surface area contributed by atoms with Crippen molar-refractivity contribution in [2.75, 3.05) is 46.2 Å². The zero-order valence-corrected chi connectivity index (χ0v) is 18.8. The maximum atomic E-state index is 11.6. The van der Waals surface area contributed by atoms with Crippen molar-refractivity contribution in [1.82, 2.24) is 0 Å². The van der Waals surface area contributed by atoms with E-state index in [1.165, 1.54) is 20.8 Å². The molecule has 1 aliphatic heterocycles. The molecule has 1 rings (SSSR count). The van der Waals surface area contributed by atoms with Gasteiger partial charge in [0.05, 0.1) is 33.0 Å². The van der Waals surface area contributed by atoms with Crippen LogP contribution in [0.25, 0.3) is 10.4 Å². The lowest BCUT2D eigenvalue weighted by atomic mass is 9.92. The molecule has 0 aliphatic carbocycles. The van der Waals surface area contributed by atoms with E-state index in [9.17, 15) is 14.4 Å². The molecule has 1 saturated heterocycles. The normalized spacial score (nSPS) is 24.8. The van der Waals surface area contributed by atoms with Gasteiger partial charge in [-0.1, -0.05) is 12.0 Å². The first kappa shape index (κ1) is 27.6. The molecule has 0 N–H and O–H groups in total. The Labute approximate surface area is 186 Å². The van der Waals surface area contributed by atoms with Crippen LogP contribution in [0.4, 0.5) is 0 Å². The van der Waals surface area contributed by atoms with Gasteiger partial charge in [-0.15, -0.1) is 0 Å². The average molecular weight is 461 g/mol. The highest BCUT2D eigenvalue weighted by Crippen LogP contribution is 2.31. The number of carbonyl (C=O) groups is 3. The minimum Gasteiger partial charge on any atom is -0.463 e. The van der Waals surface area contributed by atoms with E-state index in [1.807, 2.05) is 0 Å². The van der Waals surface area contributed by atoms with E-state index in [-0.39, 0.29) is 26.4 Å². The molecular weight excluding hydrogens is 430 g/mol. The molecule has 0 aromatic rings. The van der Waals surface area contributed by atoms with Crippen molar-refractivity contribution in [3.05, 3.63) is 10.4 Å². The summed E-state index contributed by atoms with van der Waals surface area (Å²) in [6.45, 7) is 6.85. The average Bonchev–Trinajstić information content (AvgIpc) is 2.71. The summed E-state index contributed by atoms with van der Waals surface area (Å²) in [5.74, 6) is -2.17. The van der Waals surface area contributed by atoms with Crippen LogP contribution in [0.2, 0.25) is 0 Å². The molecule has 0 amide bonds. The van der Waals surface area contributed by atoms with E-state index in [2.05, 4.69) is 10.0 Å². The highest BCUT2D eigenvalue weighted by atomic mass is 16.7. The Morgan fingerprint density at radius 1 is 0.906 bits per heavy atom. The van der Waals surface area contributed by atoms with E-state index in [1.54, 1.807) is 6.92 Å². The Balaban J connectivity index is 2.61. The van der Waals surface area contributed by atoms with Crippen LogP contribution in [0.15, 0.2) is 5.11 Å². The molecule has 182 valence electrons. The van der Waals surface area contributed by atoms with Gasteiger partial charge in [-0.2, -0.15) is 0 Å². The van der Waals surface area contributed by atoms with Crippen molar-refractivity contribution < 1.29 is 47.5 Å². The molecule has 0 spiro atoms. The predicted molar refractivity (Wildman–Crippen MR) is 107 cm³/mol. The Morgan fingerprint density at radius 3 is 2.09 bits per heavy atom. The molecular formula is C19H31N3O10. The summed E-state index contributed by atoms with van der Waals surface area (Å²) in [7, 11) is 0. The van der Waals surface area contributed by atoms with Crippen molar-refractivity contribution in [1.29, 1.82) is 0 Å². The third kappa shape index (κ3) is 10.7. The van der Waals surface area contributed by atoms with Gasteiger partial charge in [0.1, 0.15) is 18.8 Å². The van der Waals surface area contributed by atoms with Crippen molar-refractivity contribution in [3.63, 3.8) is 0 Å². The number of azide groups is 1. The summed E-state index contributed by atoms with van der Waals surface area (Å²) in [4.78, 5) is 37.1. The number of esters is 3. The lowest BCUT2D eigenvalue weighted by molar-refractivity contribution is -0.290. The highest BCUT2D eigenvalue weighted by molar-refractivity contribution is 5.67. The van der Waals surface area contributed by atoms with Gasteiger partial charge < -0.3 is 33.2 Å². The van der Waals surface area contributed by atoms with Gasteiger partial charge in [0.25, 0.3) is 0 Å². The molecule has 0 radical (unpaired) electrons. The van der Waals surface area contributed by atoms with Crippen molar-refractivity contribution in [2.24, 2.45) is 11.0 Å². The summed E-state index contributed by atoms with van der Waals surface area (Å²) >= 11 is 0. The Hall–Kier alpha value is -2.44. The fourth-order valence-electron chi connectivity index (χ4n) is 2.96. The zero-order valence-electron chi connectivity index (χ0n) is 18.8. The van der Waals surface area contributed by atoms with E-state index < -0.39 is 48.4 Å². The van der Waals surface area contributed by atoms with Gasteiger partial charge in [-0.05, 0) is 5.53 Å². The monoisotopic (exact) mass is 461 g/mol. The minimum atomic E-state index is -0.968. The molecule has 32 heavy (non-hydrogen) atoms. The first-order chi connectivity index (χ1) is 15.3. The number of ether oxygens (including phenoxy) is 7. The second kappa shape index (κ2) is 15.4.